The summed E-state index contributed by atoms with van der Waals surface area (Å²) in [6.07, 6.45) is 0. The second kappa shape index (κ2) is 5.69. The monoisotopic (exact) mass is 296 g/mol. The van der Waals surface area contributed by atoms with Gasteiger partial charge in [0.2, 0.25) is 0 Å². The minimum absolute atomic E-state index is 0.113. The van der Waals surface area contributed by atoms with E-state index in [9.17, 15) is 10.1 Å². The van der Waals surface area contributed by atoms with Crippen LogP contribution < -0.4 is 4.74 Å². The molecule has 0 atom stereocenters. The van der Waals surface area contributed by atoms with Crippen LogP contribution in [0, 0.1) is 10.1 Å². The van der Waals surface area contributed by atoms with Crippen LogP contribution in [0.2, 0.25) is 0 Å². The summed E-state index contributed by atoms with van der Waals surface area (Å²) in [5.41, 5.74) is 2.05. The van der Waals surface area contributed by atoms with Crippen molar-refractivity contribution >= 4 is 5.69 Å². The quantitative estimate of drug-likeness (QED) is 0.538. The molecule has 0 saturated carbocycles. The van der Waals surface area contributed by atoms with Crippen molar-refractivity contribution in [3.8, 4) is 28.3 Å². The van der Waals surface area contributed by atoms with Gasteiger partial charge in [-0.1, -0.05) is 35.5 Å². The molecule has 6 nitrogen and oxygen atoms in total. The molecule has 0 radical (unpaired) electrons. The van der Waals surface area contributed by atoms with Crippen molar-refractivity contribution in [2.45, 2.75) is 0 Å². The smallest absolute Gasteiger partial charge is 0.311 e. The first-order chi connectivity index (χ1) is 10.7. The van der Waals surface area contributed by atoms with Crippen molar-refractivity contribution in [3.63, 3.8) is 0 Å². The first-order valence-corrected chi connectivity index (χ1v) is 6.54. The van der Waals surface area contributed by atoms with Crippen molar-refractivity contribution < 1.29 is 14.2 Å². The van der Waals surface area contributed by atoms with Crippen LogP contribution in [0.1, 0.15) is 0 Å². The average Bonchev–Trinajstić information content (AvgIpc) is 3.05. The number of nitrogens with zero attached hydrogens (tertiary/aromatic N) is 2. The lowest BCUT2D eigenvalue weighted by Crippen LogP contribution is -1.93. The maximum atomic E-state index is 11.1. The molecule has 0 N–H and O–H groups in total. The highest BCUT2D eigenvalue weighted by Crippen LogP contribution is 2.33. The molecule has 3 rings (SSSR count). The van der Waals surface area contributed by atoms with Crippen molar-refractivity contribution in [1.82, 2.24) is 5.16 Å². The Hall–Kier alpha value is -3.15. The van der Waals surface area contributed by atoms with Gasteiger partial charge in [-0.2, -0.15) is 0 Å². The van der Waals surface area contributed by atoms with Crippen molar-refractivity contribution in [2.24, 2.45) is 0 Å². The summed E-state index contributed by atoms with van der Waals surface area (Å²) in [5, 5.41) is 15.1. The average molecular weight is 296 g/mol. The molecule has 3 aromatic rings. The third-order valence-corrected chi connectivity index (χ3v) is 3.24. The van der Waals surface area contributed by atoms with Crippen LogP contribution in [0.3, 0.4) is 0 Å². The van der Waals surface area contributed by atoms with Crippen molar-refractivity contribution in [3.05, 3.63) is 64.7 Å². The number of rotatable bonds is 4. The topological polar surface area (TPSA) is 78.4 Å². The standard InChI is InChI=1S/C16H12N2O4/c1-21-15-8-7-12(9-14(15)18(19)20)16-10-13(17-22-16)11-5-3-2-4-6-11/h2-10H,1H3. The van der Waals surface area contributed by atoms with Gasteiger partial charge in [-0.15, -0.1) is 0 Å². The van der Waals surface area contributed by atoms with E-state index in [1.54, 1.807) is 12.1 Å². The molecule has 1 aromatic heterocycles. The summed E-state index contributed by atoms with van der Waals surface area (Å²) in [6, 6.07) is 16.0. The number of ether oxygens (including phenoxy) is 1. The van der Waals surface area contributed by atoms with Crippen LogP contribution in [-0.2, 0) is 0 Å². The van der Waals surface area contributed by atoms with Crippen LogP contribution in [0.25, 0.3) is 22.6 Å². The molecule has 0 unspecified atom stereocenters. The molecular weight excluding hydrogens is 284 g/mol. The van der Waals surface area contributed by atoms with Gasteiger partial charge in [0.15, 0.2) is 11.5 Å². The number of hydrogen-bond acceptors (Lipinski definition) is 5. The Kier molecular flexibility index (Phi) is 3.57. The number of nitro benzene ring substituents is 1. The maximum Gasteiger partial charge on any atom is 0.311 e. The third-order valence-electron chi connectivity index (χ3n) is 3.24. The molecule has 0 bridgehead atoms. The lowest BCUT2D eigenvalue weighted by atomic mass is 10.1. The SMILES string of the molecule is COc1ccc(-c2cc(-c3ccccc3)no2)cc1[N+](=O)[O-]. The molecule has 0 aliphatic carbocycles. The zero-order valence-corrected chi connectivity index (χ0v) is 11.7. The highest BCUT2D eigenvalue weighted by molar-refractivity contribution is 5.69. The van der Waals surface area contributed by atoms with E-state index in [4.69, 9.17) is 9.26 Å². The van der Waals surface area contributed by atoms with Gasteiger partial charge < -0.3 is 9.26 Å². The number of hydrogen-bond donors (Lipinski definition) is 0. The molecule has 110 valence electrons. The Balaban J connectivity index is 2.00. The maximum absolute atomic E-state index is 11.1. The first kappa shape index (κ1) is 13.8. The van der Waals surface area contributed by atoms with Gasteiger partial charge >= 0.3 is 5.69 Å². The molecule has 0 amide bonds. The molecule has 0 fully saturated rings. The minimum atomic E-state index is -0.489. The van der Waals surface area contributed by atoms with E-state index < -0.39 is 4.92 Å². The summed E-state index contributed by atoms with van der Waals surface area (Å²) < 4.78 is 10.3. The third kappa shape index (κ3) is 2.54. The van der Waals surface area contributed by atoms with E-state index in [1.807, 2.05) is 30.3 Å². The zero-order valence-electron chi connectivity index (χ0n) is 11.7. The molecule has 22 heavy (non-hydrogen) atoms. The molecular formula is C16H12N2O4. The molecule has 0 saturated heterocycles. The molecule has 2 aromatic carbocycles. The van der Waals surface area contributed by atoms with E-state index in [0.717, 1.165) is 5.56 Å². The Morgan fingerprint density at radius 1 is 1.09 bits per heavy atom. The lowest BCUT2D eigenvalue weighted by Gasteiger charge is -2.02. The number of methoxy groups -OCH3 is 1. The molecule has 0 aliphatic heterocycles. The highest BCUT2D eigenvalue weighted by atomic mass is 16.6. The normalized spacial score (nSPS) is 10.4. The summed E-state index contributed by atoms with van der Waals surface area (Å²) in [7, 11) is 1.39. The van der Waals surface area contributed by atoms with Crippen LogP contribution in [0.5, 0.6) is 5.75 Å². The van der Waals surface area contributed by atoms with E-state index in [1.165, 1.54) is 19.2 Å². The second-order valence-corrected chi connectivity index (χ2v) is 4.59. The van der Waals surface area contributed by atoms with Crippen molar-refractivity contribution in [1.29, 1.82) is 0 Å². The second-order valence-electron chi connectivity index (χ2n) is 4.59. The Morgan fingerprint density at radius 3 is 2.55 bits per heavy atom. The lowest BCUT2D eigenvalue weighted by molar-refractivity contribution is -0.385. The van der Waals surface area contributed by atoms with E-state index in [-0.39, 0.29) is 11.4 Å². The number of nitro groups is 1. The number of aromatic nitrogens is 1. The van der Waals surface area contributed by atoms with Gasteiger partial charge in [0.05, 0.1) is 12.0 Å². The predicted octanol–water partition coefficient (Wildman–Crippen LogP) is 3.93. The molecule has 6 heteroatoms. The predicted molar refractivity (Wildman–Crippen MR) is 80.6 cm³/mol. The molecule has 0 aliphatic rings. The first-order valence-electron chi connectivity index (χ1n) is 6.54. The van der Waals surface area contributed by atoms with Crippen LogP contribution in [0.15, 0.2) is 59.1 Å². The summed E-state index contributed by atoms with van der Waals surface area (Å²) in [6.45, 7) is 0. The van der Waals surface area contributed by atoms with Gasteiger partial charge in [0.1, 0.15) is 5.69 Å². The minimum Gasteiger partial charge on any atom is -0.490 e. The summed E-state index contributed by atoms with van der Waals surface area (Å²) in [5.74, 6) is 0.668. The summed E-state index contributed by atoms with van der Waals surface area (Å²) in [4.78, 5) is 10.6. The van der Waals surface area contributed by atoms with Crippen LogP contribution >= 0.6 is 0 Å². The fourth-order valence-corrected chi connectivity index (χ4v) is 2.14. The van der Waals surface area contributed by atoms with Gasteiger partial charge in [-0.25, -0.2) is 0 Å². The van der Waals surface area contributed by atoms with Crippen molar-refractivity contribution in [2.75, 3.05) is 7.11 Å². The van der Waals surface area contributed by atoms with E-state index >= 15 is 0 Å². The van der Waals surface area contributed by atoms with Gasteiger partial charge in [-0.3, -0.25) is 10.1 Å². The van der Waals surface area contributed by atoms with E-state index in [0.29, 0.717) is 17.0 Å². The molecule has 1 heterocycles. The highest BCUT2D eigenvalue weighted by Gasteiger charge is 2.18. The van der Waals surface area contributed by atoms with Crippen LogP contribution in [0.4, 0.5) is 5.69 Å². The van der Waals surface area contributed by atoms with E-state index in [2.05, 4.69) is 5.16 Å². The molecule has 0 spiro atoms. The van der Waals surface area contributed by atoms with Gasteiger partial charge in [-0.05, 0) is 12.1 Å². The Labute approximate surface area is 126 Å². The van der Waals surface area contributed by atoms with Crippen LogP contribution in [-0.4, -0.2) is 17.2 Å². The van der Waals surface area contributed by atoms with Gasteiger partial charge in [0, 0.05) is 23.3 Å². The Bertz CT molecular complexity index is 812. The summed E-state index contributed by atoms with van der Waals surface area (Å²) >= 11 is 0. The fraction of sp³-hybridized carbons (Fsp3) is 0.0625. The van der Waals surface area contributed by atoms with Gasteiger partial charge in [0.25, 0.3) is 0 Å². The fourth-order valence-electron chi connectivity index (χ4n) is 2.14. The zero-order chi connectivity index (χ0) is 15.5. The Morgan fingerprint density at radius 2 is 1.86 bits per heavy atom. The largest absolute Gasteiger partial charge is 0.490 e. The number of benzene rings is 2.